The highest BCUT2D eigenvalue weighted by Crippen LogP contribution is 2.23. The van der Waals surface area contributed by atoms with Crippen molar-refractivity contribution in [3.05, 3.63) is 17.0 Å². The van der Waals surface area contributed by atoms with E-state index >= 15 is 0 Å². The Morgan fingerprint density at radius 1 is 1.40 bits per heavy atom. The maximum Gasteiger partial charge on any atom is 0.252 e. The van der Waals surface area contributed by atoms with Crippen LogP contribution in [0.3, 0.4) is 0 Å². The van der Waals surface area contributed by atoms with E-state index in [1.807, 2.05) is 13.0 Å². The first-order valence-electron chi connectivity index (χ1n) is 4.70. The predicted molar refractivity (Wildman–Crippen MR) is 62.6 cm³/mol. The number of hydrogen-bond donors (Lipinski definition) is 1. The van der Waals surface area contributed by atoms with Crippen molar-refractivity contribution in [1.82, 2.24) is 9.62 Å². The summed E-state index contributed by atoms with van der Waals surface area (Å²) in [6.45, 7) is 3.63. The van der Waals surface area contributed by atoms with E-state index in [9.17, 15) is 8.42 Å². The molecule has 0 aliphatic heterocycles. The Bertz CT molecular complexity index is 410. The van der Waals surface area contributed by atoms with Gasteiger partial charge in [0, 0.05) is 25.5 Å². The molecule has 0 aliphatic carbocycles. The molecule has 1 heterocycles. The highest BCUT2D eigenvalue weighted by molar-refractivity contribution is 7.91. The van der Waals surface area contributed by atoms with Crippen molar-refractivity contribution >= 4 is 21.4 Å². The highest BCUT2D eigenvalue weighted by atomic mass is 32.2. The van der Waals surface area contributed by atoms with E-state index in [4.69, 9.17) is 0 Å². The third kappa shape index (κ3) is 3.01. The van der Waals surface area contributed by atoms with Crippen LogP contribution in [0.1, 0.15) is 11.8 Å². The zero-order valence-corrected chi connectivity index (χ0v) is 10.8. The lowest BCUT2D eigenvalue weighted by Gasteiger charge is -2.08. The standard InChI is InChI=1S/C9H16N2O2S2/c1-4-10-7-8-5-6-9(14-8)15(12,13)11(2)3/h5-6,10H,4,7H2,1-3H3. The van der Waals surface area contributed by atoms with Gasteiger partial charge in [0.05, 0.1) is 0 Å². The van der Waals surface area contributed by atoms with Crippen molar-refractivity contribution in [3.8, 4) is 0 Å². The van der Waals surface area contributed by atoms with Crippen molar-refractivity contribution in [3.63, 3.8) is 0 Å². The van der Waals surface area contributed by atoms with Crippen molar-refractivity contribution in [2.45, 2.75) is 17.7 Å². The monoisotopic (exact) mass is 248 g/mol. The van der Waals surface area contributed by atoms with Gasteiger partial charge >= 0.3 is 0 Å². The number of thiophene rings is 1. The molecule has 0 radical (unpaired) electrons. The topological polar surface area (TPSA) is 49.4 Å². The SMILES string of the molecule is CCNCc1ccc(S(=O)(=O)N(C)C)s1. The molecule has 4 nitrogen and oxygen atoms in total. The van der Waals surface area contributed by atoms with Crippen LogP contribution in [0.5, 0.6) is 0 Å². The molecular formula is C9H16N2O2S2. The molecule has 1 aromatic heterocycles. The first kappa shape index (κ1) is 12.6. The minimum Gasteiger partial charge on any atom is -0.312 e. The molecule has 15 heavy (non-hydrogen) atoms. The molecule has 0 bridgehead atoms. The van der Waals surface area contributed by atoms with E-state index in [-0.39, 0.29) is 0 Å². The second-order valence-electron chi connectivity index (χ2n) is 3.29. The number of nitrogens with one attached hydrogen (secondary N) is 1. The number of rotatable bonds is 5. The maximum absolute atomic E-state index is 11.7. The summed E-state index contributed by atoms with van der Waals surface area (Å²) < 4.78 is 25.1. The molecule has 6 heteroatoms. The Hall–Kier alpha value is -0.430. The molecule has 1 N–H and O–H groups in total. The van der Waals surface area contributed by atoms with Crippen LogP contribution in [0.4, 0.5) is 0 Å². The zero-order valence-electron chi connectivity index (χ0n) is 9.15. The summed E-state index contributed by atoms with van der Waals surface area (Å²) in [5.74, 6) is 0. The van der Waals surface area contributed by atoms with Crippen LogP contribution >= 0.6 is 11.3 Å². The summed E-state index contributed by atoms with van der Waals surface area (Å²) in [7, 11) is -0.176. The fraction of sp³-hybridized carbons (Fsp3) is 0.556. The van der Waals surface area contributed by atoms with Crippen LogP contribution in [0, 0.1) is 0 Å². The number of sulfonamides is 1. The fourth-order valence-electron chi connectivity index (χ4n) is 1.02. The highest BCUT2D eigenvalue weighted by Gasteiger charge is 2.19. The maximum atomic E-state index is 11.7. The zero-order chi connectivity index (χ0) is 11.5. The second kappa shape index (κ2) is 5.07. The lowest BCUT2D eigenvalue weighted by Crippen LogP contribution is -2.21. The summed E-state index contributed by atoms with van der Waals surface area (Å²) >= 11 is 1.32. The Labute approximate surface area is 95.0 Å². The third-order valence-corrected chi connectivity index (χ3v) is 5.29. The lowest BCUT2D eigenvalue weighted by atomic mass is 10.4. The summed E-state index contributed by atoms with van der Waals surface area (Å²) in [4.78, 5) is 1.04. The summed E-state index contributed by atoms with van der Waals surface area (Å²) in [5, 5.41) is 3.16. The van der Waals surface area contributed by atoms with E-state index in [1.54, 1.807) is 20.2 Å². The number of hydrogen-bond acceptors (Lipinski definition) is 4. The van der Waals surface area contributed by atoms with Crippen LogP contribution < -0.4 is 5.32 Å². The number of nitrogens with zero attached hydrogens (tertiary/aromatic N) is 1. The van der Waals surface area contributed by atoms with Gasteiger partial charge in [-0.25, -0.2) is 12.7 Å². The minimum atomic E-state index is -3.26. The Balaban J connectivity index is 2.85. The normalized spacial score (nSPS) is 12.3. The first-order valence-corrected chi connectivity index (χ1v) is 6.96. The molecular weight excluding hydrogens is 232 g/mol. The molecule has 0 saturated heterocycles. The van der Waals surface area contributed by atoms with Crippen LogP contribution in [-0.2, 0) is 16.6 Å². The van der Waals surface area contributed by atoms with Crippen LogP contribution in [0.25, 0.3) is 0 Å². The summed E-state index contributed by atoms with van der Waals surface area (Å²) in [5.41, 5.74) is 0. The minimum absolute atomic E-state index is 0.403. The Kier molecular flexibility index (Phi) is 4.27. The summed E-state index contributed by atoms with van der Waals surface area (Å²) in [6, 6.07) is 3.51. The molecule has 0 aliphatic rings. The van der Waals surface area contributed by atoms with Gasteiger partial charge < -0.3 is 5.32 Å². The van der Waals surface area contributed by atoms with Gasteiger partial charge in [0.1, 0.15) is 4.21 Å². The average Bonchev–Trinajstić information content (AvgIpc) is 2.63. The van der Waals surface area contributed by atoms with Gasteiger partial charge in [0.25, 0.3) is 10.0 Å². The second-order valence-corrected chi connectivity index (χ2v) is 6.84. The van der Waals surface area contributed by atoms with Gasteiger partial charge in [0.2, 0.25) is 0 Å². The molecule has 0 fully saturated rings. The predicted octanol–water partition coefficient (Wildman–Crippen LogP) is 1.11. The van der Waals surface area contributed by atoms with Crippen molar-refractivity contribution in [2.75, 3.05) is 20.6 Å². The van der Waals surface area contributed by atoms with E-state index in [0.717, 1.165) is 18.0 Å². The van der Waals surface area contributed by atoms with Gasteiger partial charge in [-0.3, -0.25) is 0 Å². The molecule has 1 rings (SSSR count). The van der Waals surface area contributed by atoms with Crippen molar-refractivity contribution in [2.24, 2.45) is 0 Å². The first-order chi connectivity index (χ1) is 6.98. The van der Waals surface area contributed by atoms with Crippen LogP contribution in [-0.4, -0.2) is 33.4 Å². The molecule has 0 atom stereocenters. The van der Waals surface area contributed by atoms with Gasteiger partial charge in [-0.05, 0) is 18.7 Å². The lowest BCUT2D eigenvalue weighted by molar-refractivity contribution is 0.523. The van der Waals surface area contributed by atoms with Gasteiger partial charge in [-0.2, -0.15) is 0 Å². The summed E-state index contributed by atoms with van der Waals surface area (Å²) in [6.07, 6.45) is 0. The van der Waals surface area contributed by atoms with Crippen molar-refractivity contribution < 1.29 is 8.42 Å². The largest absolute Gasteiger partial charge is 0.312 e. The Morgan fingerprint density at radius 2 is 2.07 bits per heavy atom. The van der Waals surface area contributed by atoms with Crippen molar-refractivity contribution in [1.29, 1.82) is 0 Å². The van der Waals surface area contributed by atoms with Gasteiger partial charge in [-0.1, -0.05) is 6.92 Å². The van der Waals surface area contributed by atoms with E-state index in [0.29, 0.717) is 4.21 Å². The quantitative estimate of drug-likeness (QED) is 0.849. The molecule has 0 unspecified atom stereocenters. The van der Waals surface area contributed by atoms with E-state index in [1.165, 1.54) is 15.6 Å². The third-order valence-electron chi connectivity index (χ3n) is 1.92. The molecule has 1 aromatic rings. The van der Waals surface area contributed by atoms with Gasteiger partial charge in [0.15, 0.2) is 0 Å². The fourth-order valence-corrected chi connectivity index (χ4v) is 3.51. The molecule has 0 amide bonds. The molecule has 86 valence electrons. The van der Waals surface area contributed by atoms with E-state index < -0.39 is 10.0 Å². The molecule has 0 spiro atoms. The van der Waals surface area contributed by atoms with Crippen LogP contribution in [0.15, 0.2) is 16.3 Å². The smallest absolute Gasteiger partial charge is 0.252 e. The molecule has 0 saturated carbocycles. The Morgan fingerprint density at radius 3 is 2.60 bits per heavy atom. The average molecular weight is 248 g/mol. The molecule has 0 aromatic carbocycles. The van der Waals surface area contributed by atoms with Gasteiger partial charge in [-0.15, -0.1) is 11.3 Å². The van der Waals surface area contributed by atoms with E-state index in [2.05, 4.69) is 5.32 Å². The van der Waals surface area contributed by atoms with Crippen LogP contribution in [0.2, 0.25) is 0 Å².